The van der Waals surface area contributed by atoms with Gasteiger partial charge in [-0.1, -0.05) is 0 Å². The number of urea groups is 1. The van der Waals surface area contributed by atoms with E-state index in [-0.39, 0.29) is 23.5 Å². The van der Waals surface area contributed by atoms with Crippen molar-refractivity contribution in [1.82, 2.24) is 10.2 Å². The maximum absolute atomic E-state index is 12.3. The van der Waals surface area contributed by atoms with Crippen LogP contribution in [-0.2, 0) is 0 Å². The van der Waals surface area contributed by atoms with Gasteiger partial charge in [0.15, 0.2) is 5.78 Å². The van der Waals surface area contributed by atoms with Crippen molar-refractivity contribution in [3.05, 3.63) is 29.8 Å². The van der Waals surface area contributed by atoms with E-state index in [0.29, 0.717) is 38.0 Å². The number of nitrogens with one attached hydrogen (secondary N) is 1. The molecule has 1 fully saturated rings. The maximum atomic E-state index is 12.3. The van der Waals surface area contributed by atoms with Gasteiger partial charge in [-0.2, -0.15) is 0 Å². The Morgan fingerprint density at radius 2 is 1.85 bits per heavy atom. The summed E-state index contributed by atoms with van der Waals surface area (Å²) < 4.78 is 0. The minimum Gasteiger partial charge on any atom is -0.508 e. The van der Waals surface area contributed by atoms with E-state index in [1.807, 2.05) is 6.92 Å². The monoisotopic (exact) mass is 276 g/mol. The lowest BCUT2D eigenvalue weighted by molar-refractivity contribution is 0.0855. The van der Waals surface area contributed by atoms with Crippen molar-refractivity contribution < 1.29 is 14.7 Å². The Morgan fingerprint density at radius 1 is 1.25 bits per heavy atom. The number of nitrogens with zero attached hydrogens (tertiary/aromatic N) is 1. The van der Waals surface area contributed by atoms with E-state index in [9.17, 15) is 14.7 Å². The maximum Gasteiger partial charge on any atom is 0.317 e. The van der Waals surface area contributed by atoms with Crippen LogP contribution in [-0.4, -0.2) is 41.5 Å². The van der Waals surface area contributed by atoms with E-state index in [1.54, 1.807) is 17.0 Å². The average molecular weight is 276 g/mol. The topological polar surface area (TPSA) is 69.6 Å². The number of benzene rings is 1. The SMILES string of the molecule is CCNC(=O)N1CCC(C(=O)c2ccc(O)cc2)CC1. The third-order valence-electron chi connectivity index (χ3n) is 3.63. The molecule has 0 aromatic heterocycles. The van der Waals surface area contributed by atoms with E-state index >= 15 is 0 Å². The summed E-state index contributed by atoms with van der Waals surface area (Å²) in [6, 6.07) is 6.29. The van der Waals surface area contributed by atoms with Crippen molar-refractivity contribution >= 4 is 11.8 Å². The van der Waals surface area contributed by atoms with Crippen molar-refractivity contribution in [3.63, 3.8) is 0 Å². The molecule has 20 heavy (non-hydrogen) atoms. The molecule has 2 N–H and O–H groups in total. The summed E-state index contributed by atoms with van der Waals surface area (Å²) in [6.07, 6.45) is 1.38. The summed E-state index contributed by atoms with van der Waals surface area (Å²) in [5.41, 5.74) is 0.624. The summed E-state index contributed by atoms with van der Waals surface area (Å²) >= 11 is 0. The number of hydrogen-bond donors (Lipinski definition) is 2. The molecule has 5 heteroatoms. The van der Waals surface area contributed by atoms with Crippen LogP contribution in [0.25, 0.3) is 0 Å². The minimum atomic E-state index is -0.0527. The van der Waals surface area contributed by atoms with Crippen molar-refractivity contribution in [2.45, 2.75) is 19.8 Å². The van der Waals surface area contributed by atoms with Crippen LogP contribution in [0.3, 0.4) is 0 Å². The zero-order chi connectivity index (χ0) is 14.5. The van der Waals surface area contributed by atoms with Gasteiger partial charge in [0, 0.05) is 31.1 Å². The van der Waals surface area contributed by atoms with Crippen molar-refractivity contribution in [2.24, 2.45) is 5.92 Å². The lowest BCUT2D eigenvalue weighted by Gasteiger charge is -2.31. The molecule has 0 spiro atoms. The molecule has 1 aliphatic heterocycles. The average Bonchev–Trinajstić information content (AvgIpc) is 2.48. The first kappa shape index (κ1) is 14.4. The highest BCUT2D eigenvalue weighted by atomic mass is 16.3. The Hall–Kier alpha value is -2.04. The Morgan fingerprint density at radius 3 is 2.40 bits per heavy atom. The number of aromatic hydroxyl groups is 1. The van der Waals surface area contributed by atoms with Crippen LogP contribution < -0.4 is 5.32 Å². The lowest BCUT2D eigenvalue weighted by atomic mass is 9.89. The first-order chi connectivity index (χ1) is 9.61. The molecule has 0 bridgehead atoms. The summed E-state index contributed by atoms with van der Waals surface area (Å²) in [5.74, 6) is 0.221. The van der Waals surface area contributed by atoms with Crippen molar-refractivity contribution in [1.29, 1.82) is 0 Å². The third-order valence-corrected chi connectivity index (χ3v) is 3.63. The minimum absolute atomic E-state index is 0.0368. The van der Waals surface area contributed by atoms with Gasteiger partial charge in [-0.25, -0.2) is 4.79 Å². The molecule has 0 saturated carbocycles. The number of phenolic OH excluding ortho intramolecular Hbond substituents is 1. The molecule has 1 aliphatic rings. The number of piperidine rings is 1. The standard InChI is InChI=1S/C15H20N2O3/c1-2-16-15(20)17-9-7-12(8-10-17)14(19)11-3-5-13(18)6-4-11/h3-6,12,18H,2,7-10H2,1H3,(H,16,20). The molecular formula is C15H20N2O3. The molecule has 1 heterocycles. The second kappa shape index (κ2) is 6.41. The second-order valence-corrected chi connectivity index (χ2v) is 5.01. The number of likely N-dealkylation sites (tertiary alicyclic amines) is 1. The van der Waals surface area contributed by atoms with E-state index in [0.717, 1.165) is 0 Å². The number of hydrogen-bond acceptors (Lipinski definition) is 3. The van der Waals surface area contributed by atoms with Gasteiger partial charge in [0.2, 0.25) is 0 Å². The van der Waals surface area contributed by atoms with Gasteiger partial charge >= 0.3 is 6.03 Å². The van der Waals surface area contributed by atoms with Gasteiger partial charge in [0.1, 0.15) is 5.75 Å². The van der Waals surface area contributed by atoms with Crippen LogP contribution in [0.15, 0.2) is 24.3 Å². The van der Waals surface area contributed by atoms with E-state index in [1.165, 1.54) is 12.1 Å². The molecule has 1 saturated heterocycles. The zero-order valence-corrected chi connectivity index (χ0v) is 11.6. The highest BCUT2D eigenvalue weighted by Gasteiger charge is 2.27. The number of amides is 2. The van der Waals surface area contributed by atoms with Gasteiger partial charge < -0.3 is 15.3 Å². The number of ketones is 1. The number of rotatable bonds is 3. The van der Waals surface area contributed by atoms with Gasteiger partial charge in [-0.05, 0) is 44.0 Å². The van der Waals surface area contributed by atoms with E-state index in [4.69, 9.17) is 0 Å². The van der Waals surface area contributed by atoms with Crippen LogP contribution in [0.4, 0.5) is 4.79 Å². The highest BCUT2D eigenvalue weighted by molar-refractivity contribution is 5.98. The Labute approximate surface area is 118 Å². The third kappa shape index (κ3) is 3.29. The van der Waals surface area contributed by atoms with Gasteiger partial charge in [0.25, 0.3) is 0 Å². The van der Waals surface area contributed by atoms with Crippen molar-refractivity contribution in [3.8, 4) is 5.75 Å². The first-order valence-corrected chi connectivity index (χ1v) is 6.98. The molecule has 0 radical (unpaired) electrons. The van der Waals surface area contributed by atoms with Crippen LogP contribution in [0, 0.1) is 5.92 Å². The molecule has 0 aliphatic carbocycles. The van der Waals surface area contributed by atoms with Gasteiger partial charge in [-0.3, -0.25) is 4.79 Å². The number of carbonyl (C=O) groups is 2. The zero-order valence-electron chi connectivity index (χ0n) is 11.6. The summed E-state index contributed by atoms with van der Waals surface area (Å²) in [7, 11) is 0. The molecule has 0 unspecified atom stereocenters. The molecule has 2 rings (SSSR count). The Kier molecular flexibility index (Phi) is 4.61. The van der Waals surface area contributed by atoms with Crippen LogP contribution in [0.2, 0.25) is 0 Å². The van der Waals surface area contributed by atoms with Crippen LogP contribution in [0.5, 0.6) is 5.75 Å². The highest BCUT2D eigenvalue weighted by Crippen LogP contribution is 2.22. The lowest BCUT2D eigenvalue weighted by Crippen LogP contribution is -2.45. The summed E-state index contributed by atoms with van der Waals surface area (Å²) in [4.78, 5) is 25.8. The Bertz CT molecular complexity index is 476. The van der Waals surface area contributed by atoms with Gasteiger partial charge in [-0.15, -0.1) is 0 Å². The first-order valence-electron chi connectivity index (χ1n) is 6.98. The predicted octanol–water partition coefficient (Wildman–Crippen LogP) is 2.02. The fourth-order valence-corrected chi connectivity index (χ4v) is 2.47. The number of Topliss-reactive ketones (excluding diaryl/α,β-unsaturated/α-hetero) is 1. The number of phenols is 1. The molecule has 5 nitrogen and oxygen atoms in total. The van der Waals surface area contributed by atoms with E-state index < -0.39 is 0 Å². The predicted molar refractivity (Wildman–Crippen MR) is 75.8 cm³/mol. The summed E-state index contributed by atoms with van der Waals surface area (Å²) in [6.45, 7) is 3.73. The molecule has 1 aromatic carbocycles. The smallest absolute Gasteiger partial charge is 0.317 e. The fraction of sp³-hybridized carbons (Fsp3) is 0.467. The molecule has 2 amide bonds. The Balaban J connectivity index is 1.92. The summed E-state index contributed by atoms with van der Waals surface area (Å²) in [5, 5.41) is 12.0. The second-order valence-electron chi connectivity index (χ2n) is 5.01. The van der Waals surface area contributed by atoms with E-state index in [2.05, 4.69) is 5.32 Å². The fourth-order valence-electron chi connectivity index (χ4n) is 2.47. The molecule has 108 valence electrons. The molecule has 0 atom stereocenters. The quantitative estimate of drug-likeness (QED) is 0.830. The van der Waals surface area contributed by atoms with Crippen LogP contribution in [0.1, 0.15) is 30.1 Å². The van der Waals surface area contributed by atoms with Gasteiger partial charge in [0.05, 0.1) is 0 Å². The largest absolute Gasteiger partial charge is 0.508 e. The van der Waals surface area contributed by atoms with Crippen molar-refractivity contribution in [2.75, 3.05) is 19.6 Å². The van der Waals surface area contributed by atoms with Crippen LogP contribution >= 0.6 is 0 Å². The molecular weight excluding hydrogens is 256 g/mol. The number of carbonyl (C=O) groups excluding carboxylic acids is 2. The molecule has 1 aromatic rings. The normalized spacial score (nSPS) is 15.9.